The monoisotopic (exact) mass is 409 g/mol. The van der Waals surface area contributed by atoms with Gasteiger partial charge in [0.05, 0.1) is 6.42 Å². The zero-order chi connectivity index (χ0) is 21.3. The molecule has 1 aromatic heterocycles. The molecule has 3 rings (SSSR count). The fourth-order valence-corrected chi connectivity index (χ4v) is 3.05. The van der Waals surface area contributed by atoms with Crippen LogP contribution in [-0.4, -0.2) is 40.6 Å². The lowest BCUT2D eigenvalue weighted by Gasteiger charge is -2.18. The number of carbonyl (C=O) groups is 3. The molecule has 8 heteroatoms. The number of carbonyl (C=O) groups excluding carboxylic acids is 2. The standard InChI is InChI=1S/C22H23N3O5/c26-20(27)10-11-23-21(28)19(12-16-13-24-18-9-5-4-8-17(16)18)25-22(29)30-14-15-6-2-1-3-7-15/h1-9,13,19,24H,10-12,14H2,(H,23,28)(H,25,29)(H,26,27)/t19-/m0/s1. The Hall–Kier alpha value is -3.81. The summed E-state index contributed by atoms with van der Waals surface area (Å²) in [4.78, 5) is 38.7. The van der Waals surface area contributed by atoms with E-state index in [1.54, 1.807) is 6.20 Å². The van der Waals surface area contributed by atoms with E-state index in [9.17, 15) is 14.4 Å². The van der Waals surface area contributed by atoms with E-state index in [0.29, 0.717) is 0 Å². The van der Waals surface area contributed by atoms with Crippen molar-refractivity contribution < 1.29 is 24.2 Å². The summed E-state index contributed by atoms with van der Waals surface area (Å²) in [6.07, 6.45) is 1.09. The Morgan fingerprint density at radius 3 is 2.53 bits per heavy atom. The lowest BCUT2D eigenvalue weighted by molar-refractivity contribution is -0.137. The molecule has 8 nitrogen and oxygen atoms in total. The number of carboxylic acid groups (broad SMARTS) is 1. The second-order valence-electron chi connectivity index (χ2n) is 6.76. The van der Waals surface area contributed by atoms with Crippen molar-refractivity contribution in [1.82, 2.24) is 15.6 Å². The largest absolute Gasteiger partial charge is 0.481 e. The number of carboxylic acids is 1. The summed E-state index contributed by atoms with van der Waals surface area (Å²) >= 11 is 0. The van der Waals surface area contributed by atoms with Gasteiger partial charge in [0.25, 0.3) is 0 Å². The van der Waals surface area contributed by atoms with E-state index in [-0.39, 0.29) is 26.0 Å². The molecule has 0 radical (unpaired) electrons. The fourth-order valence-electron chi connectivity index (χ4n) is 3.05. The first kappa shape index (κ1) is 20.9. The summed E-state index contributed by atoms with van der Waals surface area (Å²) in [6, 6.07) is 15.9. The second-order valence-corrected chi connectivity index (χ2v) is 6.76. The van der Waals surface area contributed by atoms with E-state index in [2.05, 4.69) is 15.6 Å². The summed E-state index contributed by atoms with van der Waals surface area (Å²) < 4.78 is 5.23. The topological polar surface area (TPSA) is 121 Å². The number of para-hydroxylation sites is 1. The molecular weight excluding hydrogens is 386 g/mol. The molecule has 156 valence electrons. The van der Waals surface area contributed by atoms with E-state index in [1.807, 2.05) is 54.6 Å². The molecule has 1 heterocycles. The van der Waals surface area contributed by atoms with E-state index >= 15 is 0 Å². The van der Waals surface area contributed by atoms with Gasteiger partial charge in [-0.2, -0.15) is 0 Å². The zero-order valence-corrected chi connectivity index (χ0v) is 16.3. The minimum Gasteiger partial charge on any atom is -0.481 e. The zero-order valence-electron chi connectivity index (χ0n) is 16.3. The number of alkyl carbamates (subject to hydrolysis) is 1. The van der Waals surface area contributed by atoms with Crippen LogP contribution in [0, 0.1) is 0 Å². The van der Waals surface area contributed by atoms with Gasteiger partial charge in [-0.15, -0.1) is 0 Å². The second kappa shape index (κ2) is 10.1. The van der Waals surface area contributed by atoms with Crippen LogP contribution in [0.25, 0.3) is 10.9 Å². The molecule has 2 aromatic carbocycles. The number of hydrogen-bond acceptors (Lipinski definition) is 4. The lowest BCUT2D eigenvalue weighted by Crippen LogP contribution is -2.48. The maximum absolute atomic E-state index is 12.6. The van der Waals surface area contributed by atoms with E-state index in [4.69, 9.17) is 9.84 Å². The summed E-state index contributed by atoms with van der Waals surface area (Å²) in [5.41, 5.74) is 2.60. The van der Waals surface area contributed by atoms with Crippen LogP contribution in [0.4, 0.5) is 4.79 Å². The van der Waals surface area contributed by atoms with Crippen molar-refractivity contribution in [2.24, 2.45) is 0 Å². The first-order valence-electron chi connectivity index (χ1n) is 9.54. The van der Waals surface area contributed by atoms with Gasteiger partial charge in [0.1, 0.15) is 12.6 Å². The van der Waals surface area contributed by atoms with Crippen molar-refractivity contribution >= 4 is 28.9 Å². The van der Waals surface area contributed by atoms with Crippen LogP contribution < -0.4 is 10.6 Å². The minimum absolute atomic E-state index is 0.0285. The molecule has 0 aliphatic heterocycles. The Morgan fingerprint density at radius 1 is 1.03 bits per heavy atom. The van der Waals surface area contributed by atoms with Gasteiger partial charge in [-0.05, 0) is 17.2 Å². The first-order chi connectivity index (χ1) is 14.5. The lowest BCUT2D eigenvalue weighted by atomic mass is 10.0. The Kier molecular flexibility index (Phi) is 7.05. The maximum Gasteiger partial charge on any atom is 0.408 e. The van der Waals surface area contributed by atoms with Gasteiger partial charge in [-0.3, -0.25) is 9.59 Å². The summed E-state index contributed by atoms with van der Waals surface area (Å²) in [6.45, 7) is 0.0480. The summed E-state index contributed by atoms with van der Waals surface area (Å²) in [7, 11) is 0. The van der Waals surface area contributed by atoms with Gasteiger partial charge in [0.2, 0.25) is 5.91 Å². The van der Waals surface area contributed by atoms with Gasteiger partial charge in [-0.25, -0.2) is 4.79 Å². The van der Waals surface area contributed by atoms with Crippen LogP contribution in [0.15, 0.2) is 60.8 Å². The van der Waals surface area contributed by atoms with Crippen molar-refractivity contribution in [2.75, 3.05) is 6.54 Å². The van der Waals surface area contributed by atoms with Crippen LogP contribution in [0.2, 0.25) is 0 Å². The number of aliphatic carboxylic acids is 1. The van der Waals surface area contributed by atoms with Gasteiger partial charge in [0.15, 0.2) is 0 Å². The smallest absolute Gasteiger partial charge is 0.408 e. The predicted octanol–water partition coefficient (Wildman–Crippen LogP) is 2.60. The normalized spacial score (nSPS) is 11.6. The van der Waals surface area contributed by atoms with Gasteiger partial charge in [-0.1, -0.05) is 48.5 Å². The molecule has 0 unspecified atom stereocenters. The number of aromatic nitrogens is 1. The Balaban J connectivity index is 1.67. The van der Waals surface area contributed by atoms with Crippen molar-refractivity contribution in [2.45, 2.75) is 25.5 Å². The highest BCUT2D eigenvalue weighted by atomic mass is 16.5. The number of fused-ring (bicyclic) bond motifs is 1. The molecule has 0 saturated heterocycles. The molecule has 30 heavy (non-hydrogen) atoms. The number of H-pyrrole nitrogens is 1. The van der Waals surface area contributed by atoms with Gasteiger partial charge in [0, 0.05) is 30.1 Å². The predicted molar refractivity (Wildman–Crippen MR) is 111 cm³/mol. The van der Waals surface area contributed by atoms with Crippen LogP contribution in [0.5, 0.6) is 0 Å². The van der Waals surface area contributed by atoms with Crippen LogP contribution in [-0.2, 0) is 27.4 Å². The first-order valence-corrected chi connectivity index (χ1v) is 9.54. The molecule has 0 fully saturated rings. The van der Waals surface area contributed by atoms with Gasteiger partial charge >= 0.3 is 12.1 Å². The summed E-state index contributed by atoms with van der Waals surface area (Å²) in [5.74, 6) is -1.49. The summed E-state index contributed by atoms with van der Waals surface area (Å²) in [5, 5.41) is 14.9. The number of nitrogens with one attached hydrogen (secondary N) is 3. The third kappa shape index (κ3) is 5.84. The number of ether oxygens (including phenoxy) is 1. The van der Waals surface area contributed by atoms with Crippen LogP contribution >= 0.6 is 0 Å². The minimum atomic E-state index is -1.02. The van der Waals surface area contributed by atoms with Crippen LogP contribution in [0.3, 0.4) is 0 Å². The Labute approximate surface area is 173 Å². The Morgan fingerprint density at radius 2 is 1.77 bits per heavy atom. The molecule has 0 bridgehead atoms. The van der Waals surface area contributed by atoms with Crippen molar-refractivity contribution in [3.63, 3.8) is 0 Å². The van der Waals surface area contributed by atoms with Crippen molar-refractivity contribution in [3.8, 4) is 0 Å². The molecule has 1 atom stereocenters. The molecule has 0 aliphatic rings. The molecule has 2 amide bonds. The number of benzene rings is 2. The number of hydrogen-bond donors (Lipinski definition) is 4. The number of amides is 2. The highest BCUT2D eigenvalue weighted by Gasteiger charge is 2.23. The van der Waals surface area contributed by atoms with Crippen molar-refractivity contribution in [1.29, 1.82) is 0 Å². The van der Waals surface area contributed by atoms with E-state index in [1.165, 1.54) is 0 Å². The molecular formula is C22H23N3O5. The highest BCUT2D eigenvalue weighted by Crippen LogP contribution is 2.19. The fraction of sp³-hybridized carbons (Fsp3) is 0.227. The Bertz CT molecular complexity index is 1020. The molecule has 0 spiro atoms. The molecule has 0 saturated carbocycles. The van der Waals surface area contributed by atoms with E-state index < -0.39 is 24.0 Å². The number of rotatable bonds is 9. The van der Waals surface area contributed by atoms with Crippen molar-refractivity contribution in [3.05, 3.63) is 71.9 Å². The maximum atomic E-state index is 12.6. The molecule has 4 N–H and O–H groups in total. The van der Waals surface area contributed by atoms with Crippen LogP contribution in [0.1, 0.15) is 17.5 Å². The van der Waals surface area contributed by atoms with Gasteiger partial charge < -0.3 is 25.5 Å². The quantitative estimate of drug-likeness (QED) is 0.433. The molecule has 3 aromatic rings. The third-order valence-electron chi connectivity index (χ3n) is 4.56. The highest BCUT2D eigenvalue weighted by molar-refractivity contribution is 5.88. The average Bonchev–Trinajstić information content (AvgIpc) is 3.15. The number of aromatic amines is 1. The molecule has 0 aliphatic carbocycles. The third-order valence-corrected chi connectivity index (χ3v) is 4.56. The average molecular weight is 409 g/mol. The van der Waals surface area contributed by atoms with E-state index in [0.717, 1.165) is 22.0 Å². The SMILES string of the molecule is O=C(O)CCNC(=O)[C@H](Cc1c[nH]c2ccccc12)NC(=O)OCc1ccccc1.